The molecule has 0 fully saturated rings. The van der Waals surface area contributed by atoms with Crippen LogP contribution in [0.2, 0.25) is 10.0 Å². The van der Waals surface area contributed by atoms with Gasteiger partial charge in [0.2, 0.25) is 0 Å². The summed E-state index contributed by atoms with van der Waals surface area (Å²) in [5.41, 5.74) is 0. The van der Waals surface area contributed by atoms with Crippen LogP contribution in [0.5, 0.6) is 0 Å². The highest BCUT2D eigenvalue weighted by atomic mass is 35.5. The van der Waals surface area contributed by atoms with Gasteiger partial charge in [0.1, 0.15) is 0 Å². The van der Waals surface area contributed by atoms with Gasteiger partial charge in [-0.05, 0) is 61.4 Å². The standard InChI is InChI=1S/C22H28Cl2O6S2/c23-19-9-13-21(14-10-19)31(25,26)29-17-7-5-3-1-2-4-6-8-18-30-32(27,28)22-15-11-20(24)12-16-22/h9-16H,1-8,17-18H2. The fraction of sp³-hybridized carbons (Fsp3) is 0.455. The maximum absolute atomic E-state index is 12.0. The molecule has 2 aromatic rings. The highest BCUT2D eigenvalue weighted by molar-refractivity contribution is 7.87. The summed E-state index contributed by atoms with van der Waals surface area (Å²) in [6.07, 6.45) is 7.17. The number of hydrogen-bond acceptors (Lipinski definition) is 6. The van der Waals surface area contributed by atoms with Gasteiger partial charge >= 0.3 is 0 Å². The van der Waals surface area contributed by atoms with Crippen molar-refractivity contribution >= 4 is 43.4 Å². The Morgan fingerprint density at radius 3 is 1.09 bits per heavy atom. The van der Waals surface area contributed by atoms with E-state index in [4.69, 9.17) is 31.6 Å². The molecule has 0 aliphatic carbocycles. The Labute approximate surface area is 201 Å². The Morgan fingerprint density at radius 1 is 0.500 bits per heavy atom. The van der Waals surface area contributed by atoms with Crippen LogP contribution in [0.25, 0.3) is 0 Å². The summed E-state index contributed by atoms with van der Waals surface area (Å²) in [5.74, 6) is 0. The van der Waals surface area contributed by atoms with Crippen molar-refractivity contribution in [2.45, 2.75) is 61.2 Å². The molecule has 0 aliphatic heterocycles. The first-order valence-electron chi connectivity index (χ1n) is 10.5. The van der Waals surface area contributed by atoms with Crippen LogP contribution in [0.4, 0.5) is 0 Å². The van der Waals surface area contributed by atoms with Crippen molar-refractivity contribution in [1.82, 2.24) is 0 Å². The minimum atomic E-state index is -3.74. The molecule has 0 radical (unpaired) electrons. The third kappa shape index (κ3) is 9.77. The molecular weight excluding hydrogens is 495 g/mol. The molecule has 0 aliphatic rings. The molecule has 6 nitrogen and oxygen atoms in total. The second-order valence-electron chi connectivity index (χ2n) is 7.29. The fourth-order valence-corrected chi connectivity index (χ4v) is 5.08. The molecule has 0 amide bonds. The quantitative estimate of drug-likeness (QED) is 0.203. The fourth-order valence-electron chi connectivity index (χ4n) is 2.94. The van der Waals surface area contributed by atoms with E-state index in [1.54, 1.807) is 0 Å². The predicted octanol–water partition coefficient (Wildman–Crippen LogP) is 6.23. The minimum Gasteiger partial charge on any atom is -0.266 e. The van der Waals surface area contributed by atoms with Crippen molar-refractivity contribution in [2.24, 2.45) is 0 Å². The normalized spacial score (nSPS) is 12.2. The second kappa shape index (κ2) is 13.5. The lowest BCUT2D eigenvalue weighted by Crippen LogP contribution is -2.07. The first kappa shape index (κ1) is 27.1. The molecule has 0 N–H and O–H groups in total. The van der Waals surface area contributed by atoms with Crippen molar-refractivity contribution in [1.29, 1.82) is 0 Å². The molecule has 2 aromatic carbocycles. The van der Waals surface area contributed by atoms with E-state index >= 15 is 0 Å². The monoisotopic (exact) mass is 522 g/mol. The van der Waals surface area contributed by atoms with Crippen molar-refractivity contribution in [3.8, 4) is 0 Å². The van der Waals surface area contributed by atoms with E-state index in [9.17, 15) is 16.8 Å². The van der Waals surface area contributed by atoms with Gasteiger partial charge in [-0.1, -0.05) is 61.7 Å². The molecule has 0 spiro atoms. The lowest BCUT2D eigenvalue weighted by Gasteiger charge is -2.07. The highest BCUT2D eigenvalue weighted by Gasteiger charge is 2.15. The average molecular weight is 524 g/mol. The summed E-state index contributed by atoms with van der Waals surface area (Å²) in [6, 6.07) is 11.8. The number of halogens is 2. The molecule has 0 saturated heterocycles. The summed E-state index contributed by atoms with van der Waals surface area (Å²) < 4.78 is 58.3. The molecule has 0 heterocycles. The van der Waals surface area contributed by atoms with E-state index in [2.05, 4.69) is 0 Å². The Morgan fingerprint density at radius 2 is 0.781 bits per heavy atom. The van der Waals surface area contributed by atoms with Crippen LogP contribution in [-0.4, -0.2) is 30.0 Å². The zero-order chi connectivity index (χ0) is 23.5. The van der Waals surface area contributed by atoms with Crippen LogP contribution in [0.1, 0.15) is 51.4 Å². The Bertz CT molecular complexity index is 936. The summed E-state index contributed by atoms with van der Waals surface area (Å²) in [7, 11) is -7.47. The first-order valence-corrected chi connectivity index (χ1v) is 14.1. The zero-order valence-corrected chi connectivity index (χ0v) is 20.9. The highest BCUT2D eigenvalue weighted by Crippen LogP contribution is 2.18. The van der Waals surface area contributed by atoms with E-state index in [0.717, 1.165) is 38.5 Å². The Kier molecular flexibility index (Phi) is 11.4. The maximum Gasteiger partial charge on any atom is 0.296 e. The molecule has 2 rings (SSSR count). The zero-order valence-electron chi connectivity index (χ0n) is 17.7. The third-order valence-electron chi connectivity index (χ3n) is 4.72. The number of hydrogen-bond donors (Lipinski definition) is 0. The third-order valence-corrected chi connectivity index (χ3v) is 7.88. The molecule has 178 valence electrons. The predicted molar refractivity (Wildman–Crippen MR) is 126 cm³/mol. The molecule has 32 heavy (non-hydrogen) atoms. The van der Waals surface area contributed by atoms with Crippen LogP contribution in [-0.2, 0) is 28.6 Å². The molecule has 0 aromatic heterocycles. The van der Waals surface area contributed by atoms with E-state index in [-0.39, 0.29) is 23.0 Å². The van der Waals surface area contributed by atoms with Crippen LogP contribution in [0.3, 0.4) is 0 Å². The van der Waals surface area contributed by atoms with E-state index in [1.807, 2.05) is 0 Å². The first-order chi connectivity index (χ1) is 15.2. The van der Waals surface area contributed by atoms with Gasteiger partial charge in [-0.3, -0.25) is 8.37 Å². The Hall–Kier alpha value is -1.16. The van der Waals surface area contributed by atoms with Crippen molar-refractivity contribution in [3.63, 3.8) is 0 Å². The minimum absolute atomic E-state index is 0.104. The lowest BCUT2D eigenvalue weighted by atomic mass is 10.1. The molecule has 0 bridgehead atoms. The van der Waals surface area contributed by atoms with Gasteiger partial charge in [0.25, 0.3) is 20.2 Å². The van der Waals surface area contributed by atoms with Crippen LogP contribution >= 0.6 is 23.2 Å². The smallest absolute Gasteiger partial charge is 0.266 e. The molecular formula is C22H28Cl2O6S2. The van der Waals surface area contributed by atoms with Crippen LogP contribution in [0.15, 0.2) is 58.3 Å². The number of benzene rings is 2. The average Bonchev–Trinajstić information content (AvgIpc) is 2.75. The van der Waals surface area contributed by atoms with Gasteiger partial charge in [-0.2, -0.15) is 16.8 Å². The van der Waals surface area contributed by atoms with Gasteiger partial charge < -0.3 is 0 Å². The topological polar surface area (TPSA) is 86.7 Å². The van der Waals surface area contributed by atoms with Gasteiger partial charge in [0, 0.05) is 10.0 Å². The summed E-state index contributed by atoms with van der Waals surface area (Å²) in [4.78, 5) is 0.207. The molecule has 0 saturated carbocycles. The second-order valence-corrected chi connectivity index (χ2v) is 11.4. The van der Waals surface area contributed by atoms with E-state index in [0.29, 0.717) is 22.9 Å². The molecule has 0 atom stereocenters. The number of unbranched alkanes of at least 4 members (excludes halogenated alkanes) is 7. The largest absolute Gasteiger partial charge is 0.296 e. The lowest BCUT2D eigenvalue weighted by molar-refractivity contribution is 0.302. The van der Waals surface area contributed by atoms with Crippen molar-refractivity contribution < 1.29 is 25.2 Å². The van der Waals surface area contributed by atoms with Crippen molar-refractivity contribution in [2.75, 3.05) is 13.2 Å². The van der Waals surface area contributed by atoms with Gasteiger partial charge in [-0.25, -0.2) is 0 Å². The van der Waals surface area contributed by atoms with Crippen LogP contribution in [0, 0.1) is 0 Å². The van der Waals surface area contributed by atoms with Crippen LogP contribution < -0.4 is 0 Å². The summed E-state index contributed by atoms with van der Waals surface area (Å²) >= 11 is 11.5. The summed E-state index contributed by atoms with van der Waals surface area (Å²) in [6.45, 7) is 0.314. The Balaban J connectivity index is 1.47. The number of rotatable bonds is 15. The van der Waals surface area contributed by atoms with E-state index in [1.165, 1.54) is 48.5 Å². The van der Waals surface area contributed by atoms with Gasteiger partial charge in [0.05, 0.1) is 23.0 Å². The maximum atomic E-state index is 12.0. The van der Waals surface area contributed by atoms with E-state index < -0.39 is 20.2 Å². The molecule has 10 heteroatoms. The van der Waals surface area contributed by atoms with Crippen molar-refractivity contribution in [3.05, 3.63) is 58.6 Å². The summed E-state index contributed by atoms with van der Waals surface area (Å²) in [5, 5.41) is 0.943. The van der Waals surface area contributed by atoms with Gasteiger partial charge in [-0.15, -0.1) is 0 Å². The van der Waals surface area contributed by atoms with Gasteiger partial charge in [0.15, 0.2) is 0 Å². The SMILES string of the molecule is O=S(=O)(OCCCCCCCCCCOS(=O)(=O)c1ccc(Cl)cc1)c1ccc(Cl)cc1. The molecule has 0 unspecified atom stereocenters.